The largest absolute Gasteiger partial charge is 0.381 e. The standard InChI is InChI=1S/C24H27FN6O/c1-16-19(28-21-14-17(25)4-5-20(21)26-16)6-7-22-29-23(27-18-8-12-32-13-9-18)15-24(30-22)31-10-2-3-11-31/h4-7,14-15,18H,2-3,8-13H2,1H3,(H,27,29,30)/b7-6+. The van der Waals surface area contributed by atoms with E-state index in [0.717, 1.165) is 56.5 Å². The number of nitrogens with one attached hydrogen (secondary N) is 1. The van der Waals surface area contributed by atoms with Crippen LogP contribution in [-0.4, -0.2) is 52.3 Å². The molecule has 2 saturated heterocycles. The van der Waals surface area contributed by atoms with Gasteiger partial charge in [-0.15, -0.1) is 0 Å². The molecular weight excluding hydrogens is 407 g/mol. The molecule has 2 aromatic heterocycles. The van der Waals surface area contributed by atoms with E-state index in [2.05, 4.69) is 20.2 Å². The molecule has 1 aromatic carbocycles. The summed E-state index contributed by atoms with van der Waals surface area (Å²) in [7, 11) is 0. The van der Waals surface area contributed by atoms with Gasteiger partial charge < -0.3 is 15.0 Å². The van der Waals surface area contributed by atoms with Gasteiger partial charge in [0.25, 0.3) is 0 Å². The first kappa shape index (κ1) is 20.8. The molecule has 0 atom stereocenters. The molecule has 0 aliphatic carbocycles. The molecule has 0 saturated carbocycles. The van der Waals surface area contributed by atoms with E-state index in [4.69, 9.17) is 14.7 Å². The van der Waals surface area contributed by atoms with E-state index in [1.54, 1.807) is 6.07 Å². The third-order valence-electron chi connectivity index (χ3n) is 5.96. The predicted molar refractivity (Wildman–Crippen MR) is 124 cm³/mol. The highest BCUT2D eigenvalue weighted by molar-refractivity contribution is 5.77. The van der Waals surface area contributed by atoms with Crippen LogP contribution in [0, 0.1) is 12.7 Å². The van der Waals surface area contributed by atoms with Gasteiger partial charge in [0.1, 0.15) is 17.5 Å². The smallest absolute Gasteiger partial charge is 0.156 e. The van der Waals surface area contributed by atoms with Crippen LogP contribution in [0.2, 0.25) is 0 Å². The lowest BCUT2D eigenvalue weighted by Crippen LogP contribution is -2.28. The highest BCUT2D eigenvalue weighted by atomic mass is 19.1. The van der Waals surface area contributed by atoms with Crippen molar-refractivity contribution < 1.29 is 9.13 Å². The third-order valence-corrected chi connectivity index (χ3v) is 5.96. The molecule has 2 aliphatic rings. The molecule has 7 nitrogen and oxygen atoms in total. The number of ether oxygens (including phenoxy) is 1. The number of benzene rings is 1. The number of aryl methyl sites for hydroxylation is 1. The van der Waals surface area contributed by atoms with Gasteiger partial charge in [0.15, 0.2) is 5.82 Å². The SMILES string of the molecule is Cc1nc2ccc(F)cc2nc1/C=C/c1nc(NC2CCOCC2)cc(N2CCCC2)n1. The van der Waals surface area contributed by atoms with Crippen molar-refractivity contribution in [3.05, 3.63) is 47.3 Å². The van der Waals surface area contributed by atoms with Crippen molar-refractivity contribution in [2.24, 2.45) is 0 Å². The van der Waals surface area contributed by atoms with Gasteiger partial charge in [-0.3, -0.25) is 0 Å². The summed E-state index contributed by atoms with van der Waals surface area (Å²) in [6.45, 7) is 5.47. The van der Waals surface area contributed by atoms with Gasteiger partial charge in [-0.2, -0.15) is 0 Å². The van der Waals surface area contributed by atoms with Crippen LogP contribution in [0.4, 0.5) is 16.0 Å². The van der Waals surface area contributed by atoms with Gasteiger partial charge in [0.05, 0.1) is 22.4 Å². The maximum atomic E-state index is 13.6. The zero-order valence-electron chi connectivity index (χ0n) is 18.2. The predicted octanol–water partition coefficient (Wildman–Crippen LogP) is 4.23. The first-order chi connectivity index (χ1) is 15.6. The number of hydrogen-bond acceptors (Lipinski definition) is 7. The maximum Gasteiger partial charge on any atom is 0.156 e. The monoisotopic (exact) mass is 434 g/mol. The minimum absolute atomic E-state index is 0.323. The molecule has 0 unspecified atom stereocenters. The van der Waals surface area contributed by atoms with Crippen molar-refractivity contribution in [3.63, 3.8) is 0 Å². The molecule has 0 bridgehead atoms. The average Bonchev–Trinajstić information content (AvgIpc) is 3.34. The quantitative estimate of drug-likeness (QED) is 0.644. The zero-order valence-corrected chi connectivity index (χ0v) is 18.2. The Kier molecular flexibility index (Phi) is 5.94. The summed E-state index contributed by atoms with van der Waals surface area (Å²) in [4.78, 5) is 21.0. The van der Waals surface area contributed by atoms with Crippen LogP contribution in [0.5, 0.6) is 0 Å². The summed E-state index contributed by atoms with van der Waals surface area (Å²) in [5, 5.41) is 3.56. The van der Waals surface area contributed by atoms with Gasteiger partial charge in [-0.05, 0) is 56.9 Å². The number of aromatic nitrogens is 4. The van der Waals surface area contributed by atoms with Crippen molar-refractivity contribution in [1.82, 2.24) is 19.9 Å². The molecule has 166 valence electrons. The van der Waals surface area contributed by atoms with Crippen molar-refractivity contribution in [1.29, 1.82) is 0 Å². The van der Waals surface area contributed by atoms with E-state index in [1.807, 2.05) is 25.1 Å². The second-order valence-electron chi connectivity index (χ2n) is 8.36. The van der Waals surface area contributed by atoms with Crippen LogP contribution < -0.4 is 10.2 Å². The zero-order chi connectivity index (χ0) is 21.9. The highest BCUT2D eigenvalue weighted by Crippen LogP contribution is 2.23. The first-order valence-electron chi connectivity index (χ1n) is 11.2. The van der Waals surface area contributed by atoms with E-state index in [0.29, 0.717) is 28.6 Å². The number of nitrogens with zero attached hydrogens (tertiary/aromatic N) is 5. The summed E-state index contributed by atoms with van der Waals surface area (Å²) in [5.74, 6) is 2.06. The van der Waals surface area contributed by atoms with Gasteiger partial charge in [0, 0.05) is 44.5 Å². The molecule has 5 rings (SSSR count). The Morgan fingerprint density at radius 1 is 1.00 bits per heavy atom. The fraction of sp³-hybridized carbons (Fsp3) is 0.417. The Labute approximate surface area is 186 Å². The summed E-state index contributed by atoms with van der Waals surface area (Å²) in [6, 6.07) is 6.85. The molecule has 0 spiro atoms. The normalized spacial score (nSPS) is 17.5. The van der Waals surface area contributed by atoms with Crippen molar-refractivity contribution >= 4 is 34.8 Å². The van der Waals surface area contributed by atoms with E-state index < -0.39 is 0 Å². The molecule has 2 fully saturated rings. The molecule has 8 heteroatoms. The van der Waals surface area contributed by atoms with E-state index in [1.165, 1.54) is 25.0 Å². The van der Waals surface area contributed by atoms with Gasteiger partial charge in [-0.25, -0.2) is 24.3 Å². The van der Waals surface area contributed by atoms with Crippen LogP contribution in [0.15, 0.2) is 24.3 Å². The topological polar surface area (TPSA) is 76.1 Å². The summed E-state index contributed by atoms with van der Waals surface area (Å²) >= 11 is 0. The van der Waals surface area contributed by atoms with Crippen LogP contribution >= 0.6 is 0 Å². The van der Waals surface area contributed by atoms with E-state index in [9.17, 15) is 4.39 Å². The Morgan fingerprint density at radius 3 is 2.62 bits per heavy atom. The van der Waals surface area contributed by atoms with Crippen molar-refractivity contribution in [2.45, 2.75) is 38.6 Å². The number of rotatable bonds is 5. The second kappa shape index (κ2) is 9.16. The minimum Gasteiger partial charge on any atom is -0.381 e. The molecule has 1 N–H and O–H groups in total. The highest BCUT2D eigenvalue weighted by Gasteiger charge is 2.18. The molecule has 2 aliphatic heterocycles. The lowest BCUT2D eigenvalue weighted by molar-refractivity contribution is 0.0904. The van der Waals surface area contributed by atoms with Crippen LogP contribution in [0.3, 0.4) is 0 Å². The summed E-state index contributed by atoms with van der Waals surface area (Å²) in [6.07, 6.45) is 8.01. The molecule has 4 heterocycles. The lowest BCUT2D eigenvalue weighted by atomic mass is 10.1. The minimum atomic E-state index is -0.323. The van der Waals surface area contributed by atoms with Crippen molar-refractivity contribution in [2.75, 3.05) is 36.5 Å². The Balaban J connectivity index is 1.45. The number of fused-ring (bicyclic) bond motifs is 1. The van der Waals surface area contributed by atoms with Gasteiger partial charge in [0.2, 0.25) is 0 Å². The third kappa shape index (κ3) is 4.70. The molecular formula is C24H27FN6O. The lowest BCUT2D eigenvalue weighted by Gasteiger charge is -2.24. The number of halogens is 1. The average molecular weight is 435 g/mol. The Bertz CT molecular complexity index is 1140. The van der Waals surface area contributed by atoms with Crippen molar-refractivity contribution in [3.8, 4) is 0 Å². The molecule has 0 amide bonds. The van der Waals surface area contributed by atoms with Gasteiger partial charge >= 0.3 is 0 Å². The number of anilines is 2. The van der Waals surface area contributed by atoms with E-state index in [-0.39, 0.29) is 5.82 Å². The van der Waals surface area contributed by atoms with Crippen LogP contribution in [-0.2, 0) is 4.74 Å². The fourth-order valence-corrected chi connectivity index (χ4v) is 4.20. The molecule has 0 radical (unpaired) electrons. The summed E-state index contributed by atoms with van der Waals surface area (Å²) < 4.78 is 19.1. The van der Waals surface area contributed by atoms with Crippen LogP contribution in [0.25, 0.3) is 23.2 Å². The fourth-order valence-electron chi connectivity index (χ4n) is 4.20. The molecule has 32 heavy (non-hydrogen) atoms. The summed E-state index contributed by atoms with van der Waals surface area (Å²) in [5.41, 5.74) is 2.66. The second-order valence-corrected chi connectivity index (χ2v) is 8.36. The first-order valence-corrected chi connectivity index (χ1v) is 11.2. The number of hydrogen-bond donors (Lipinski definition) is 1. The van der Waals surface area contributed by atoms with Gasteiger partial charge in [-0.1, -0.05) is 0 Å². The maximum absolute atomic E-state index is 13.6. The van der Waals surface area contributed by atoms with E-state index >= 15 is 0 Å². The Morgan fingerprint density at radius 2 is 1.81 bits per heavy atom. The Hall–Kier alpha value is -3.13. The van der Waals surface area contributed by atoms with Crippen LogP contribution in [0.1, 0.15) is 42.9 Å². The molecule has 3 aromatic rings.